The molecule has 120 valence electrons. The smallest absolute Gasteiger partial charge is 0.231 e. The monoisotopic (exact) mass is 365 g/mol. The number of benzene rings is 1. The Balaban J connectivity index is 1.74. The van der Waals surface area contributed by atoms with Gasteiger partial charge >= 0.3 is 0 Å². The molecule has 22 heavy (non-hydrogen) atoms. The molecule has 2 aliphatic rings. The summed E-state index contributed by atoms with van der Waals surface area (Å²) in [6.45, 7) is 8.01. The highest BCUT2D eigenvalue weighted by molar-refractivity contribution is 9.10. The molecule has 2 aliphatic heterocycles. The van der Waals surface area contributed by atoms with Gasteiger partial charge in [-0.25, -0.2) is 0 Å². The molecule has 2 heterocycles. The molecule has 0 radical (unpaired) electrons. The lowest BCUT2D eigenvalue weighted by molar-refractivity contribution is -0.119. The molecule has 0 aromatic heterocycles. The zero-order valence-electron chi connectivity index (χ0n) is 13.3. The number of hydrogen-bond donors (Lipinski definition) is 1. The van der Waals surface area contributed by atoms with E-state index >= 15 is 0 Å². The van der Waals surface area contributed by atoms with Crippen LogP contribution in [-0.2, 0) is 10.2 Å². The Labute approximate surface area is 140 Å². The van der Waals surface area contributed by atoms with E-state index in [2.05, 4.69) is 57.8 Å². The van der Waals surface area contributed by atoms with Crippen LogP contribution in [0, 0.1) is 0 Å². The third kappa shape index (κ3) is 3.01. The van der Waals surface area contributed by atoms with Gasteiger partial charge in [0.05, 0.1) is 6.54 Å². The predicted molar refractivity (Wildman–Crippen MR) is 93.2 cm³/mol. The third-order valence-corrected chi connectivity index (χ3v) is 5.43. The van der Waals surface area contributed by atoms with E-state index in [0.717, 1.165) is 36.9 Å². The first kappa shape index (κ1) is 15.8. The fraction of sp³-hybridized carbons (Fsp3) is 0.588. The van der Waals surface area contributed by atoms with Crippen molar-refractivity contribution in [1.29, 1.82) is 0 Å². The Morgan fingerprint density at radius 3 is 2.68 bits per heavy atom. The van der Waals surface area contributed by atoms with Crippen LogP contribution in [0.25, 0.3) is 0 Å². The van der Waals surface area contributed by atoms with Gasteiger partial charge in [0.1, 0.15) is 0 Å². The summed E-state index contributed by atoms with van der Waals surface area (Å²) < 4.78 is 1.15. The van der Waals surface area contributed by atoms with Crippen LogP contribution in [0.4, 0.5) is 5.69 Å². The lowest BCUT2D eigenvalue weighted by Crippen LogP contribution is -2.47. The van der Waals surface area contributed by atoms with E-state index in [0.29, 0.717) is 12.6 Å². The first-order valence-electron chi connectivity index (χ1n) is 7.94. The van der Waals surface area contributed by atoms with E-state index in [1.807, 2.05) is 0 Å². The normalized spacial score (nSPS) is 21.9. The second-order valence-electron chi connectivity index (χ2n) is 7.15. The number of carbonyl (C=O) groups is 1. The second-order valence-corrected chi connectivity index (χ2v) is 8.06. The van der Waals surface area contributed by atoms with E-state index in [1.54, 1.807) is 0 Å². The molecule has 2 N–H and O–H groups in total. The number of nitrogens with zero attached hydrogens (tertiary/aromatic N) is 2. The minimum Gasteiger partial charge on any atom is -0.369 e. The molecule has 5 heteroatoms. The zero-order chi connectivity index (χ0) is 15.9. The largest absolute Gasteiger partial charge is 0.369 e. The molecule has 0 atom stereocenters. The van der Waals surface area contributed by atoms with Crippen LogP contribution in [-0.4, -0.2) is 43.0 Å². The van der Waals surface area contributed by atoms with Gasteiger partial charge in [-0.05, 0) is 36.6 Å². The van der Waals surface area contributed by atoms with Crippen molar-refractivity contribution in [3.8, 4) is 0 Å². The first-order valence-corrected chi connectivity index (χ1v) is 8.73. The van der Waals surface area contributed by atoms with Crippen molar-refractivity contribution in [1.82, 2.24) is 4.90 Å². The molecule has 0 saturated carbocycles. The van der Waals surface area contributed by atoms with Crippen molar-refractivity contribution in [2.75, 3.05) is 31.1 Å². The number of nitrogens with two attached hydrogens (primary N) is 1. The molecule has 3 rings (SSSR count). The van der Waals surface area contributed by atoms with E-state index in [4.69, 9.17) is 5.73 Å². The maximum Gasteiger partial charge on any atom is 0.231 e. The number of hydrogen-bond acceptors (Lipinski definition) is 3. The topological polar surface area (TPSA) is 49.6 Å². The van der Waals surface area contributed by atoms with Crippen LogP contribution in [0.2, 0.25) is 0 Å². The molecule has 0 aliphatic carbocycles. The quantitative estimate of drug-likeness (QED) is 0.894. The van der Waals surface area contributed by atoms with Gasteiger partial charge in [0.15, 0.2) is 0 Å². The van der Waals surface area contributed by atoms with Crippen molar-refractivity contribution in [2.45, 2.75) is 38.1 Å². The number of amides is 1. The van der Waals surface area contributed by atoms with Crippen LogP contribution in [0.1, 0.15) is 32.3 Å². The summed E-state index contributed by atoms with van der Waals surface area (Å²) in [7, 11) is 0. The van der Waals surface area contributed by atoms with Crippen LogP contribution in [0.3, 0.4) is 0 Å². The summed E-state index contributed by atoms with van der Waals surface area (Å²) in [4.78, 5) is 15.8. The molecule has 0 unspecified atom stereocenters. The Morgan fingerprint density at radius 1 is 1.36 bits per heavy atom. The summed E-state index contributed by atoms with van der Waals surface area (Å²) in [6.07, 6.45) is 2.19. The van der Waals surface area contributed by atoms with Crippen molar-refractivity contribution in [3.05, 3.63) is 28.2 Å². The third-order valence-electron chi connectivity index (χ3n) is 4.94. The van der Waals surface area contributed by atoms with Gasteiger partial charge in [-0.15, -0.1) is 0 Å². The Kier molecular flexibility index (Phi) is 4.21. The minimum absolute atomic E-state index is 0.184. The van der Waals surface area contributed by atoms with Gasteiger partial charge in [-0.2, -0.15) is 0 Å². The average Bonchev–Trinajstić information content (AvgIpc) is 2.71. The molecule has 1 aromatic rings. The van der Waals surface area contributed by atoms with Gasteiger partial charge in [0.25, 0.3) is 0 Å². The summed E-state index contributed by atoms with van der Waals surface area (Å²) in [6, 6.07) is 7.20. The standard InChI is InChI=1S/C17H24BrN3O/c1-17(2)11-21(15-4-3-12(18)9-14(15)17)13-5-7-20(8-6-13)10-16(19)22/h3-4,9,13H,5-8,10-11H2,1-2H3,(H2,19,22). The van der Waals surface area contributed by atoms with Crippen LogP contribution in [0.5, 0.6) is 0 Å². The molecular formula is C17H24BrN3O. The summed E-state index contributed by atoms with van der Waals surface area (Å²) in [5, 5.41) is 0. The summed E-state index contributed by atoms with van der Waals surface area (Å²) in [5.41, 5.74) is 8.29. The van der Waals surface area contributed by atoms with E-state index in [-0.39, 0.29) is 11.3 Å². The number of piperidine rings is 1. The number of anilines is 1. The maximum atomic E-state index is 11.1. The fourth-order valence-electron chi connectivity index (χ4n) is 3.83. The second kappa shape index (κ2) is 5.85. The number of primary amides is 1. The van der Waals surface area contributed by atoms with E-state index in [1.165, 1.54) is 11.3 Å². The highest BCUT2D eigenvalue weighted by Crippen LogP contribution is 2.43. The minimum atomic E-state index is -0.226. The predicted octanol–water partition coefficient (Wildman–Crippen LogP) is 2.50. The Hall–Kier alpha value is -1.07. The van der Waals surface area contributed by atoms with Gasteiger partial charge in [-0.3, -0.25) is 9.69 Å². The molecule has 4 nitrogen and oxygen atoms in total. The van der Waals surface area contributed by atoms with Crippen molar-refractivity contribution in [2.24, 2.45) is 5.73 Å². The highest BCUT2D eigenvalue weighted by atomic mass is 79.9. The van der Waals surface area contributed by atoms with Gasteiger partial charge in [0, 0.05) is 41.3 Å². The number of likely N-dealkylation sites (tertiary alicyclic amines) is 1. The summed E-state index contributed by atoms with van der Waals surface area (Å²) in [5.74, 6) is -0.226. The molecule has 0 bridgehead atoms. The molecule has 1 aromatic carbocycles. The number of fused-ring (bicyclic) bond motifs is 1. The van der Waals surface area contributed by atoms with Gasteiger partial charge < -0.3 is 10.6 Å². The van der Waals surface area contributed by atoms with Gasteiger partial charge in [-0.1, -0.05) is 29.8 Å². The molecular weight excluding hydrogens is 342 g/mol. The zero-order valence-corrected chi connectivity index (χ0v) is 14.9. The van der Waals surface area contributed by atoms with Crippen molar-refractivity contribution in [3.63, 3.8) is 0 Å². The Bertz CT molecular complexity index is 579. The van der Waals surface area contributed by atoms with Crippen molar-refractivity contribution < 1.29 is 4.79 Å². The van der Waals surface area contributed by atoms with E-state index < -0.39 is 0 Å². The molecule has 1 saturated heterocycles. The van der Waals surface area contributed by atoms with Crippen LogP contribution >= 0.6 is 15.9 Å². The van der Waals surface area contributed by atoms with Crippen molar-refractivity contribution >= 4 is 27.5 Å². The van der Waals surface area contributed by atoms with Crippen LogP contribution in [0.15, 0.2) is 22.7 Å². The maximum absolute atomic E-state index is 11.1. The number of rotatable bonds is 3. The molecule has 1 fully saturated rings. The number of halogens is 1. The Morgan fingerprint density at radius 2 is 2.05 bits per heavy atom. The van der Waals surface area contributed by atoms with Crippen LogP contribution < -0.4 is 10.6 Å². The fourth-order valence-corrected chi connectivity index (χ4v) is 4.19. The molecule has 1 amide bonds. The molecule has 0 spiro atoms. The summed E-state index contributed by atoms with van der Waals surface area (Å²) >= 11 is 3.59. The first-order chi connectivity index (χ1) is 10.4. The lowest BCUT2D eigenvalue weighted by atomic mass is 9.87. The SMILES string of the molecule is CC1(C)CN(C2CCN(CC(N)=O)CC2)c2ccc(Br)cc21. The lowest BCUT2D eigenvalue weighted by Gasteiger charge is -2.38. The number of carbonyl (C=O) groups excluding carboxylic acids is 1. The van der Waals surface area contributed by atoms with E-state index in [9.17, 15) is 4.79 Å². The average molecular weight is 366 g/mol. The van der Waals surface area contributed by atoms with Gasteiger partial charge in [0.2, 0.25) is 5.91 Å². The highest BCUT2D eigenvalue weighted by Gasteiger charge is 2.39.